The number of fused-ring (bicyclic) bond motifs is 1. The van der Waals surface area contributed by atoms with Gasteiger partial charge in [0.2, 0.25) is 5.95 Å². The summed E-state index contributed by atoms with van der Waals surface area (Å²) in [4.78, 5) is 14.2. The number of methoxy groups -OCH3 is 2. The molecule has 5 rings (SSSR count). The third kappa shape index (κ3) is 5.36. The second-order valence-electron chi connectivity index (χ2n) is 8.71. The molecule has 4 aromatic rings. The van der Waals surface area contributed by atoms with Gasteiger partial charge in [-0.15, -0.1) is 0 Å². The Labute approximate surface area is 224 Å². The molecule has 1 aliphatic rings. The zero-order chi connectivity index (χ0) is 25.9. The van der Waals surface area contributed by atoms with E-state index in [0.717, 1.165) is 30.4 Å². The van der Waals surface area contributed by atoms with Crippen LogP contribution >= 0.6 is 23.2 Å². The number of ether oxygens (including phenoxy) is 3. The van der Waals surface area contributed by atoms with E-state index in [1.165, 1.54) is 14.2 Å². The van der Waals surface area contributed by atoms with Gasteiger partial charge in [0.25, 0.3) is 0 Å². The van der Waals surface area contributed by atoms with E-state index in [2.05, 4.69) is 20.7 Å². The van der Waals surface area contributed by atoms with Gasteiger partial charge in [0.05, 0.1) is 48.8 Å². The van der Waals surface area contributed by atoms with Crippen LogP contribution in [0.5, 0.6) is 11.5 Å². The number of benzene rings is 1. The molecule has 1 fully saturated rings. The van der Waals surface area contributed by atoms with Gasteiger partial charge in [0.1, 0.15) is 17.0 Å². The van der Waals surface area contributed by atoms with Gasteiger partial charge >= 0.3 is 0 Å². The summed E-state index contributed by atoms with van der Waals surface area (Å²) in [5.74, 6) is 1.92. The number of nitrogens with zero attached hydrogens (tertiary/aromatic N) is 5. The maximum absolute atomic E-state index is 6.70. The van der Waals surface area contributed by atoms with E-state index in [1.54, 1.807) is 23.1 Å². The third-order valence-electron chi connectivity index (χ3n) is 6.11. The number of hydrogen-bond acceptors (Lipinski definition) is 9. The van der Waals surface area contributed by atoms with Crippen LogP contribution in [0.3, 0.4) is 0 Å². The molecule has 0 spiro atoms. The Morgan fingerprint density at radius 1 is 1.11 bits per heavy atom. The number of hydrogen-bond donors (Lipinski definition) is 2. The summed E-state index contributed by atoms with van der Waals surface area (Å²) in [6.45, 7) is 1.90. The quantitative estimate of drug-likeness (QED) is 0.319. The largest absolute Gasteiger partial charge is 0.495 e. The van der Waals surface area contributed by atoms with Crippen LogP contribution in [-0.2, 0) is 18.3 Å². The van der Waals surface area contributed by atoms with Crippen molar-refractivity contribution in [3.63, 3.8) is 0 Å². The van der Waals surface area contributed by atoms with Crippen molar-refractivity contribution in [2.24, 2.45) is 7.05 Å². The molecule has 0 saturated carbocycles. The van der Waals surface area contributed by atoms with Crippen LogP contribution in [-0.4, -0.2) is 58.2 Å². The van der Waals surface area contributed by atoms with E-state index in [4.69, 9.17) is 47.4 Å². The van der Waals surface area contributed by atoms with Gasteiger partial charge in [0, 0.05) is 55.2 Å². The summed E-state index contributed by atoms with van der Waals surface area (Å²) in [5, 5.41) is 12.4. The van der Waals surface area contributed by atoms with Crippen LogP contribution in [0.4, 0.5) is 11.8 Å². The lowest BCUT2D eigenvalue weighted by Crippen LogP contribution is -2.30. The van der Waals surface area contributed by atoms with Crippen LogP contribution < -0.4 is 20.1 Å². The molecule has 2 N–H and O–H groups in total. The van der Waals surface area contributed by atoms with Gasteiger partial charge in [-0.3, -0.25) is 4.68 Å². The van der Waals surface area contributed by atoms with Crippen molar-refractivity contribution < 1.29 is 14.2 Å². The Balaban J connectivity index is 1.60. The Kier molecular flexibility index (Phi) is 7.50. The molecule has 37 heavy (non-hydrogen) atoms. The molecule has 0 unspecified atom stereocenters. The monoisotopic (exact) mass is 543 g/mol. The Morgan fingerprint density at radius 2 is 1.89 bits per heavy atom. The maximum atomic E-state index is 6.70. The number of halogens is 2. The van der Waals surface area contributed by atoms with Crippen molar-refractivity contribution in [2.75, 3.05) is 38.1 Å². The van der Waals surface area contributed by atoms with E-state index in [0.29, 0.717) is 63.2 Å². The molecular weight excluding hydrogens is 517 g/mol. The van der Waals surface area contributed by atoms with Crippen molar-refractivity contribution in [3.05, 3.63) is 46.3 Å². The van der Waals surface area contributed by atoms with Crippen LogP contribution in [0, 0.1) is 0 Å². The third-order valence-corrected chi connectivity index (χ3v) is 6.86. The lowest BCUT2D eigenvalue weighted by Gasteiger charge is -2.23. The molecule has 0 radical (unpaired) electrons. The summed E-state index contributed by atoms with van der Waals surface area (Å²) in [5.41, 5.74) is 2.67. The van der Waals surface area contributed by atoms with Gasteiger partial charge in [0.15, 0.2) is 5.82 Å². The molecule has 1 aromatic carbocycles. The molecule has 4 heterocycles. The minimum Gasteiger partial charge on any atom is -0.495 e. The first kappa shape index (κ1) is 25.3. The molecule has 12 heteroatoms. The Morgan fingerprint density at radius 3 is 2.54 bits per heavy atom. The predicted octanol–water partition coefficient (Wildman–Crippen LogP) is 4.95. The molecular formula is C25H27Cl2N7O3. The van der Waals surface area contributed by atoms with Gasteiger partial charge in [-0.05, 0) is 18.9 Å². The molecule has 1 saturated heterocycles. The zero-order valence-corrected chi connectivity index (χ0v) is 22.2. The molecule has 0 aliphatic carbocycles. The van der Waals surface area contributed by atoms with Crippen LogP contribution in [0.1, 0.15) is 18.4 Å². The van der Waals surface area contributed by atoms with E-state index in [1.807, 2.05) is 19.3 Å². The highest BCUT2D eigenvalue weighted by atomic mass is 35.5. The summed E-state index contributed by atoms with van der Waals surface area (Å²) < 4.78 is 18.2. The topological polar surface area (TPSA) is 108 Å². The number of anilines is 2. The zero-order valence-electron chi connectivity index (χ0n) is 20.7. The highest BCUT2D eigenvalue weighted by Gasteiger charge is 2.22. The molecule has 1 atom stereocenters. The van der Waals surface area contributed by atoms with E-state index in [9.17, 15) is 0 Å². The molecule has 1 aliphatic heterocycles. The maximum Gasteiger partial charge on any atom is 0.223 e. The van der Waals surface area contributed by atoms with Crippen molar-refractivity contribution in [2.45, 2.75) is 25.4 Å². The van der Waals surface area contributed by atoms with Crippen LogP contribution in [0.2, 0.25) is 10.0 Å². The fourth-order valence-electron chi connectivity index (χ4n) is 4.26. The first-order valence-electron chi connectivity index (χ1n) is 11.8. The lowest BCUT2D eigenvalue weighted by molar-refractivity contribution is 0.0874. The SMILES string of the molecule is COc1cc(OC)c(Cl)c(-c2cc3cnc(N[C@H]4CCCOC4)nc3c(NCc3cnn(C)c3)n2)c1Cl. The molecule has 3 aromatic heterocycles. The summed E-state index contributed by atoms with van der Waals surface area (Å²) in [7, 11) is 4.94. The van der Waals surface area contributed by atoms with E-state index in [-0.39, 0.29) is 6.04 Å². The minimum absolute atomic E-state index is 0.159. The second kappa shape index (κ2) is 11.0. The lowest BCUT2D eigenvalue weighted by atomic mass is 10.1. The Bertz CT molecular complexity index is 1400. The average molecular weight is 544 g/mol. The summed E-state index contributed by atoms with van der Waals surface area (Å²) >= 11 is 13.4. The van der Waals surface area contributed by atoms with Gasteiger partial charge < -0.3 is 24.8 Å². The Hall–Kier alpha value is -3.34. The number of rotatable bonds is 8. The van der Waals surface area contributed by atoms with E-state index < -0.39 is 0 Å². The molecule has 10 nitrogen and oxygen atoms in total. The fourth-order valence-corrected chi connectivity index (χ4v) is 4.95. The standard InChI is InChI=1S/C25H27Cl2N7O3/c1-34-12-14(10-30-34)9-28-24-23-15(11-29-25(33-23)31-16-5-4-6-37-13-16)7-17(32-24)20-21(26)18(35-2)8-19(36-3)22(20)27/h7-8,10-12,16H,4-6,9,13H2,1-3H3,(H,28,32)(H,29,31,33)/t16-/m0/s1. The number of pyridine rings is 1. The average Bonchev–Trinajstić information content (AvgIpc) is 3.33. The predicted molar refractivity (Wildman–Crippen MR) is 144 cm³/mol. The molecule has 0 bridgehead atoms. The first-order valence-corrected chi connectivity index (χ1v) is 12.6. The fraction of sp³-hybridized carbons (Fsp3) is 0.360. The number of aryl methyl sites for hydroxylation is 1. The van der Waals surface area contributed by atoms with Crippen molar-refractivity contribution in [3.8, 4) is 22.8 Å². The second-order valence-corrected chi connectivity index (χ2v) is 9.46. The highest BCUT2D eigenvalue weighted by Crippen LogP contribution is 2.46. The van der Waals surface area contributed by atoms with Crippen molar-refractivity contribution in [1.82, 2.24) is 24.7 Å². The smallest absolute Gasteiger partial charge is 0.223 e. The van der Waals surface area contributed by atoms with Crippen LogP contribution in [0.25, 0.3) is 22.2 Å². The minimum atomic E-state index is 0.159. The summed E-state index contributed by atoms with van der Waals surface area (Å²) in [6.07, 6.45) is 7.49. The normalized spacial score (nSPS) is 15.5. The van der Waals surface area contributed by atoms with E-state index >= 15 is 0 Å². The number of aromatic nitrogens is 5. The molecule has 194 valence electrons. The van der Waals surface area contributed by atoms with Crippen molar-refractivity contribution in [1.29, 1.82) is 0 Å². The first-order chi connectivity index (χ1) is 18.0. The van der Waals surface area contributed by atoms with Gasteiger partial charge in [-0.1, -0.05) is 23.2 Å². The summed E-state index contributed by atoms with van der Waals surface area (Å²) in [6, 6.07) is 3.66. The van der Waals surface area contributed by atoms with Crippen LogP contribution in [0.15, 0.2) is 30.7 Å². The van der Waals surface area contributed by atoms with Crippen molar-refractivity contribution >= 4 is 45.9 Å². The number of nitrogens with one attached hydrogen (secondary N) is 2. The highest BCUT2D eigenvalue weighted by molar-refractivity contribution is 6.41. The van der Waals surface area contributed by atoms with Gasteiger partial charge in [-0.2, -0.15) is 5.10 Å². The van der Waals surface area contributed by atoms with Gasteiger partial charge in [-0.25, -0.2) is 15.0 Å². The molecule has 0 amide bonds.